The van der Waals surface area contributed by atoms with Crippen LogP contribution in [0, 0.1) is 0 Å². The van der Waals surface area contributed by atoms with Crippen LogP contribution in [0.25, 0.3) is 10.9 Å². The molecule has 1 amide bonds. The van der Waals surface area contributed by atoms with Crippen LogP contribution in [0.15, 0.2) is 30.3 Å². The van der Waals surface area contributed by atoms with Gasteiger partial charge >= 0.3 is 6.09 Å². The smallest absolute Gasteiger partial charge is 0.409 e. The van der Waals surface area contributed by atoms with Crippen LogP contribution in [0.3, 0.4) is 0 Å². The van der Waals surface area contributed by atoms with Crippen LogP contribution in [0.4, 0.5) is 22.2 Å². The predicted octanol–water partition coefficient (Wildman–Crippen LogP) is 5.76. The van der Waals surface area contributed by atoms with Crippen molar-refractivity contribution in [2.75, 3.05) is 57.8 Å². The fourth-order valence-electron chi connectivity index (χ4n) is 5.31. The fourth-order valence-corrected chi connectivity index (χ4v) is 5.31. The number of rotatable bonds is 15. The molecule has 0 radical (unpaired) electrons. The van der Waals surface area contributed by atoms with E-state index < -0.39 is 6.09 Å². The van der Waals surface area contributed by atoms with Gasteiger partial charge in [0, 0.05) is 35.6 Å². The molecule has 5 N–H and O–H groups in total. The van der Waals surface area contributed by atoms with Crippen LogP contribution >= 0.6 is 0 Å². The lowest BCUT2D eigenvalue weighted by Crippen LogP contribution is -2.33. The van der Waals surface area contributed by atoms with Gasteiger partial charge in [-0.25, -0.2) is 9.78 Å². The number of aromatic nitrogens is 2. The quantitative estimate of drug-likeness (QED) is 0.173. The third kappa shape index (κ3) is 8.11. The van der Waals surface area contributed by atoms with Crippen LogP contribution in [0.5, 0.6) is 11.5 Å². The van der Waals surface area contributed by atoms with Gasteiger partial charge in [0.05, 0.1) is 19.7 Å². The number of hydrogen-bond donors (Lipinski definition) is 4. The number of nitrogens with zero attached hydrogens (tertiary/aromatic N) is 3. The number of unbranched alkanes of at least 4 members (excludes halogenated alkanes) is 4. The van der Waals surface area contributed by atoms with E-state index in [9.17, 15) is 9.90 Å². The molecule has 3 aromatic rings. The Bertz CT molecular complexity index is 1290. The van der Waals surface area contributed by atoms with E-state index in [-0.39, 0.29) is 5.41 Å². The number of methoxy groups -OCH3 is 2. The maximum absolute atomic E-state index is 11.4. The maximum Gasteiger partial charge on any atom is 0.409 e. The molecular weight excluding hydrogens is 508 g/mol. The molecule has 0 bridgehead atoms. The molecule has 0 saturated carbocycles. The average molecular weight is 553 g/mol. The van der Waals surface area contributed by atoms with Gasteiger partial charge < -0.3 is 30.5 Å². The van der Waals surface area contributed by atoms with Crippen molar-refractivity contribution in [3.8, 4) is 11.5 Å². The van der Waals surface area contributed by atoms with E-state index in [1.807, 2.05) is 12.1 Å². The van der Waals surface area contributed by atoms with Gasteiger partial charge in [-0.1, -0.05) is 45.2 Å². The Labute approximate surface area is 237 Å². The van der Waals surface area contributed by atoms with Gasteiger partial charge in [0.15, 0.2) is 11.5 Å². The van der Waals surface area contributed by atoms with E-state index in [0.29, 0.717) is 34.5 Å². The minimum atomic E-state index is -1.03. The largest absolute Gasteiger partial charge is 0.493 e. The molecule has 0 unspecified atom stereocenters. The summed E-state index contributed by atoms with van der Waals surface area (Å²) in [5, 5.41) is 16.0. The standard InChI is InChI=1S/C30H44N6O4/c1-30(2,19-36(3)4)22-14-12-15-23(34-29(37)38)20(22)13-10-8-7-9-11-16-32-28-33-24-18-26(40-6)25(39-5)17-21(24)27(31)35-28/h12,14-15,17-18,34H,7-11,13,16,19H2,1-6H3,(H,37,38)(H3,31,32,33,35). The number of carboxylic acid groups (broad SMARTS) is 1. The third-order valence-corrected chi connectivity index (χ3v) is 6.98. The molecule has 0 atom stereocenters. The second-order valence-corrected chi connectivity index (χ2v) is 11.0. The highest BCUT2D eigenvalue weighted by molar-refractivity contribution is 5.91. The van der Waals surface area contributed by atoms with E-state index in [4.69, 9.17) is 15.2 Å². The van der Waals surface area contributed by atoms with Gasteiger partial charge in [-0.15, -0.1) is 0 Å². The highest BCUT2D eigenvalue weighted by Gasteiger charge is 2.26. The summed E-state index contributed by atoms with van der Waals surface area (Å²) in [6, 6.07) is 9.52. The number of nitrogens with one attached hydrogen (secondary N) is 2. The van der Waals surface area contributed by atoms with Crippen LogP contribution in [-0.4, -0.2) is 67.5 Å². The Hall–Kier alpha value is -3.79. The van der Waals surface area contributed by atoms with Gasteiger partial charge in [-0.3, -0.25) is 5.32 Å². The molecule has 0 aliphatic heterocycles. The average Bonchev–Trinajstić information content (AvgIpc) is 2.89. The number of anilines is 3. The second-order valence-electron chi connectivity index (χ2n) is 11.0. The number of ether oxygens (including phenoxy) is 2. The van der Waals surface area contributed by atoms with Crippen molar-refractivity contribution in [3.05, 3.63) is 41.5 Å². The number of carbonyl (C=O) groups is 1. The first kappa shape index (κ1) is 30.7. The molecule has 40 heavy (non-hydrogen) atoms. The van der Waals surface area contributed by atoms with Crippen molar-refractivity contribution >= 4 is 34.4 Å². The van der Waals surface area contributed by atoms with Gasteiger partial charge in [0.1, 0.15) is 5.82 Å². The molecule has 0 aliphatic rings. The van der Waals surface area contributed by atoms with E-state index in [1.165, 1.54) is 5.56 Å². The van der Waals surface area contributed by atoms with Gasteiger partial charge in [-0.05, 0) is 56.6 Å². The normalized spacial score (nSPS) is 11.6. The number of hydrogen-bond acceptors (Lipinski definition) is 8. The molecule has 218 valence electrons. The second kappa shape index (κ2) is 14.0. The number of nitrogens with two attached hydrogens (primary N) is 1. The van der Waals surface area contributed by atoms with E-state index >= 15 is 0 Å². The zero-order chi connectivity index (χ0) is 29.3. The summed E-state index contributed by atoms with van der Waals surface area (Å²) in [5.74, 6) is 2.06. The molecule has 1 heterocycles. The first-order valence-corrected chi connectivity index (χ1v) is 13.8. The molecular formula is C30H44N6O4. The summed E-state index contributed by atoms with van der Waals surface area (Å²) < 4.78 is 10.7. The number of fused-ring (bicyclic) bond motifs is 1. The number of benzene rings is 2. The minimum Gasteiger partial charge on any atom is -0.493 e. The number of amides is 1. The van der Waals surface area contributed by atoms with E-state index in [2.05, 4.69) is 59.5 Å². The first-order valence-electron chi connectivity index (χ1n) is 13.8. The lowest BCUT2D eigenvalue weighted by molar-refractivity contribution is 0.209. The first-order chi connectivity index (χ1) is 19.1. The monoisotopic (exact) mass is 552 g/mol. The van der Waals surface area contributed by atoms with Crippen molar-refractivity contribution < 1.29 is 19.4 Å². The molecule has 0 saturated heterocycles. The van der Waals surface area contributed by atoms with Crippen LogP contribution in [0.1, 0.15) is 57.1 Å². The zero-order valence-electron chi connectivity index (χ0n) is 24.6. The molecule has 0 aliphatic carbocycles. The topological polar surface area (TPSA) is 135 Å². The van der Waals surface area contributed by atoms with Crippen LogP contribution in [-0.2, 0) is 11.8 Å². The van der Waals surface area contributed by atoms with Crippen molar-refractivity contribution in [1.29, 1.82) is 0 Å². The highest BCUT2D eigenvalue weighted by atomic mass is 16.5. The highest BCUT2D eigenvalue weighted by Crippen LogP contribution is 2.34. The Morgan fingerprint density at radius 3 is 2.38 bits per heavy atom. The molecule has 0 spiro atoms. The Morgan fingerprint density at radius 1 is 1.02 bits per heavy atom. The Kier molecular flexibility index (Phi) is 10.8. The lowest BCUT2D eigenvalue weighted by atomic mass is 9.79. The molecule has 10 nitrogen and oxygen atoms in total. The molecule has 1 aromatic heterocycles. The third-order valence-electron chi connectivity index (χ3n) is 6.98. The summed E-state index contributed by atoms with van der Waals surface area (Å²) in [6.07, 6.45) is 4.99. The van der Waals surface area contributed by atoms with Crippen LogP contribution < -0.4 is 25.8 Å². The van der Waals surface area contributed by atoms with Crippen molar-refractivity contribution in [1.82, 2.24) is 14.9 Å². The minimum absolute atomic E-state index is 0.105. The molecule has 3 rings (SSSR count). The summed E-state index contributed by atoms with van der Waals surface area (Å²) in [7, 11) is 7.29. The Balaban J connectivity index is 1.52. The van der Waals surface area contributed by atoms with E-state index in [1.54, 1.807) is 26.4 Å². The molecule has 10 heteroatoms. The zero-order valence-corrected chi connectivity index (χ0v) is 24.6. The van der Waals surface area contributed by atoms with Gasteiger partial charge in [-0.2, -0.15) is 4.98 Å². The van der Waals surface area contributed by atoms with Gasteiger partial charge in [0.2, 0.25) is 5.95 Å². The summed E-state index contributed by atoms with van der Waals surface area (Å²) in [4.78, 5) is 22.6. The predicted molar refractivity (Wildman–Crippen MR) is 162 cm³/mol. The lowest BCUT2D eigenvalue weighted by Gasteiger charge is -2.32. The number of likely N-dealkylation sites (N-methyl/N-ethyl adjacent to an activating group) is 1. The van der Waals surface area contributed by atoms with Crippen LogP contribution in [0.2, 0.25) is 0 Å². The SMILES string of the molecule is COc1cc2nc(NCCCCCCCc3c(NC(=O)O)cccc3C(C)(C)CN(C)C)nc(N)c2cc1OC. The maximum atomic E-state index is 11.4. The molecule has 0 fully saturated rings. The Morgan fingerprint density at radius 2 is 1.70 bits per heavy atom. The van der Waals surface area contributed by atoms with Crippen molar-refractivity contribution in [2.24, 2.45) is 0 Å². The summed E-state index contributed by atoms with van der Waals surface area (Å²) >= 11 is 0. The molecule has 2 aromatic carbocycles. The summed E-state index contributed by atoms with van der Waals surface area (Å²) in [6.45, 7) is 6.04. The fraction of sp³-hybridized carbons (Fsp3) is 0.500. The van der Waals surface area contributed by atoms with E-state index in [0.717, 1.165) is 62.6 Å². The summed E-state index contributed by atoms with van der Waals surface area (Å²) in [5.41, 5.74) is 9.74. The van der Waals surface area contributed by atoms with Crippen molar-refractivity contribution in [3.63, 3.8) is 0 Å². The number of nitrogen functional groups attached to an aromatic ring is 1. The van der Waals surface area contributed by atoms with Gasteiger partial charge in [0.25, 0.3) is 0 Å². The van der Waals surface area contributed by atoms with Crippen molar-refractivity contribution in [2.45, 2.75) is 57.8 Å².